The van der Waals surface area contributed by atoms with Crippen LogP contribution in [0.4, 0.5) is 13.2 Å². The van der Waals surface area contributed by atoms with Gasteiger partial charge in [-0.3, -0.25) is 0 Å². The summed E-state index contributed by atoms with van der Waals surface area (Å²) in [7, 11) is 0. The normalized spacial score (nSPS) is 27.7. The van der Waals surface area contributed by atoms with Gasteiger partial charge >= 0.3 is 0 Å². The van der Waals surface area contributed by atoms with Crippen LogP contribution in [0.25, 0.3) is 11.3 Å². The lowest BCUT2D eigenvalue weighted by molar-refractivity contribution is -0.203. The van der Waals surface area contributed by atoms with Crippen molar-refractivity contribution in [2.45, 2.75) is 55.8 Å². The first kappa shape index (κ1) is 25.3. The monoisotopic (exact) mass is 518 g/mol. The molecule has 0 aliphatic carbocycles. The zero-order chi connectivity index (χ0) is 26.1. The van der Waals surface area contributed by atoms with Gasteiger partial charge in [0.2, 0.25) is 0 Å². The maximum absolute atomic E-state index is 13.7. The van der Waals surface area contributed by atoms with Gasteiger partial charge in [-0.25, -0.2) is 17.9 Å². The molecule has 3 N–H and O–H groups in total. The second-order valence-electron chi connectivity index (χ2n) is 9.19. The molecule has 3 heterocycles. The van der Waals surface area contributed by atoms with E-state index in [0.717, 1.165) is 22.4 Å². The first-order valence-electron chi connectivity index (χ1n) is 11.8. The minimum Gasteiger partial charge on any atom is -0.394 e. The van der Waals surface area contributed by atoms with Crippen molar-refractivity contribution in [3.05, 3.63) is 71.7 Å². The Kier molecular flexibility index (Phi) is 7.24. The highest BCUT2D eigenvalue weighted by molar-refractivity contribution is 5.86. The van der Waals surface area contributed by atoms with Crippen molar-refractivity contribution in [1.82, 2.24) is 15.0 Å². The average Bonchev–Trinajstić information content (AvgIpc) is 3.55. The van der Waals surface area contributed by atoms with E-state index in [9.17, 15) is 28.5 Å². The topological polar surface area (TPSA) is 122 Å². The van der Waals surface area contributed by atoms with Gasteiger partial charge in [0, 0.05) is 24.8 Å². The summed E-state index contributed by atoms with van der Waals surface area (Å²) in [4.78, 5) is 5.55. The van der Waals surface area contributed by atoms with E-state index < -0.39 is 54.5 Å². The van der Waals surface area contributed by atoms with Crippen molar-refractivity contribution in [1.29, 1.82) is 0 Å². The number of oxime groups is 1. The smallest absolute Gasteiger partial charge is 0.194 e. The maximum Gasteiger partial charge on any atom is 0.194 e. The summed E-state index contributed by atoms with van der Waals surface area (Å²) >= 11 is 0. The molecule has 37 heavy (non-hydrogen) atoms. The highest BCUT2D eigenvalue weighted by atomic mass is 19.2. The number of halogens is 3. The van der Waals surface area contributed by atoms with Crippen LogP contribution >= 0.6 is 0 Å². The summed E-state index contributed by atoms with van der Waals surface area (Å²) in [6, 6.07) is 10.2. The number of ether oxygens (including phenoxy) is 1. The van der Waals surface area contributed by atoms with Crippen LogP contribution in [-0.2, 0) is 16.0 Å². The third-order valence-electron chi connectivity index (χ3n) is 6.62. The number of aliphatic hydroxyl groups is 3. The molecule has 0 spiro atoms. The molecule has 0 amide bonds. The summed E-state index contributed by atoms with van der Waals surface area (Å²) in [5, 5.41) is 43.6. The number of hydrogen-bond donors (Lipinski definition) is 3. The maximum atomic E-state index is 13.7. The Bertz CT molecular complexity index is 1250. The van der Waals surface area contributed by atoms with Crippen molar-refractivity contribution in [3.63, 3.8) is 0 Å². The van der Waals surface area contributed by atoms with Crippen molar-refractivity contribution in [2.75, 3.05) is 6.61 Å². The first-order valence-corrected chi connectivity index (χ1v) is 11.8. The van der Waals surface area contributed by atoms with Crippen LogP contribution in [0, 0.1) is 17.5 Å². The molecule has 1 fully saturated rings. The number of hydrogen-bond acceptors (Lipinski definition) is 8. The predicted octanol–water partition coefficient (Wildman–Crippen LogP) is 2.16. The Hall–Kier alpha value is -3.32. The van der Waals surface area contributed by atoms with Crippen LogP contribution in [0.2, 0.25) is 0 Å². The zero-order valence-electron chi connectivity index (χ0n) is 19.5. The van der Waals surface area contributed by atoms with Crippen LogP contribution in [0.5, 0.6) is 0 Å². The molecule has 1 aromatic heterocycles. The van der Waals surface area contributed by atoms with Gasteiger partial charge in [0.1, 0.15) is 36.2 Å². The minimum absolute atomic E-state index is 0.00175. The van der Waals surface area contributed by atoms with E-state index in [4.69, 9.17) is 9.57 Å². The van der Waals surface area contributed by atoms with Crippen LogP contribution in [0.15, 0.2) is 53.8 Å². The summed E-state index contributed by atoms with van der Waals surface area (Å²) in [5.74, 6) is -4.38. The molecule has 2 aliphatic heterocycles. The Morgan fingerprint density at radius 2 is 1.68 bits per heavy atom. The molecule has 0 radical (unpaired) electrons. The molecule has 9 nitrogen and oxygen atoms in total. The van der Waals surface area contributed by atoms with E-state index >= 15 is 0 Å². The molecule has 12 heteroatoms. The Labute approximate surface area is 209 Å². The Balaban J connectivity index is 1.31. The fourth-order valence-electron chi connectivity index (χ4n) is 4.74. The van der Waals surface area contributed by atoms with Gasteiger partial charge in [-0.05, 0) is 17.7 Å². The largest absolute Gasteiger partial charge is 0.394 e. The standard InChI is InChI=1S/C25H25F3N4O5/c26-17-7-14(8-18(27)22(17)28)19-11-32(31-29-19)23-24(34)20(36-21(12-33)25(23)35)10-15-9-16(37-30-15)6-13-4-2-1-3-5-13/h1-5,7-8,11,16,20-21,23-25,33-35H,6,9-10,12H2/t16?,20-,21-,23-,24+,25+/m1/s1. The van der Waals surface area contributed by atoms with Crippen LogP contribution in [0.1, 0.15) is 24.4 Å². The Morgan fingerprint density at radius 3 is 2.38 bits per heavy atom. The van der Waals surface area contributed by atoms with E-state index in [1.165, 1.54) is 6.20 Å². The highest BCUT2D eigenvalue weighted by Gasteiger charge is 2.46. The van der Waals surface area contributed by atoms with E-state index in [1.807, 2.05) is 30.3 Å². The molecule has 196 valence electrons. The lowest BCUT2D eigenvalue weighted by Crippen LogP contribution is -2.56. The quantitative estimate of drug-likeness (QED) is 0.410. The van der Waals surface area contributed by atoms with Crippen molar-refractivity contribution < 1.29 is 38.1 Å². The molecule has 2 aromatic carbocycles. The average molecular weight is 518 g/mol. The number of rotatable bonds is 7. The summed E-state index contributed by atoms with van der Waals surface area (Å²) < 4.78 is 47.6. The van der Waals surface area contributed by atoms with Crippen molar-refractivity contribution >= 4 is 5.71 Å². The fourth-order valence-corrected chi connectivity index (χ4v) is 4.74. The minimum atomic E-state index is -1.61. The highest BCUT2D eigenvalue weighted by Crippen LogP contribution is 2.33. The first-order chi connectivity index (χ1) is 17.8. The van der Waals surface area contributed by atoms with Crippen LogP contribution < -0.4 is 0 Å². The van der Waals surface area contributed by atoms with Crippen LogP contribution in [0.3, 0.4) is 0 Å². The molecule has 0 bridgehead atoms. The lowest BCUT2D eigenvalue weighted by Gasteiger charge is -2.42. The molecular weight excluding hydrogens is 493 g/mol. The molecule has 0 saturated carbocycles. The molecule has 2 aliphatic rings. The molecule has 1 saturated heterocycles. The molecular formula is C25H25F3N4O5. The van der Waals surface area contributed by atoms with E-state index in [0.29, 0.717) is 18.6 Å². The van der Waals surface area contributed by atoms with Crippen molar-refractivity contribution in [2.24, 2.45) is 5.16 Å². The molecule has 3 aromatic rings. The zero-order valence-corrected chi connectivity index (χ0v) is 19.5. The Morgan fingerprint density at radius 1 is 0.973 bits per heavy atom. The number of benzene rings is 2. The number of aromatic nitrogens is 3. The second kappa shape index (κ2) is 10.6. The second-order valence-corrected chi connectivity index (χ2v) is 9.19. The lowest BCUT2D eigenvalue weighted by atomic mass is 9.89. The van der Waals surface area contributed by atoms with Gasteiger partial charge < -0.3 is 24.9 Å². The van der Waals surface area contributed by atoms with Gasteiger partial charge in [0.05, 0.1) is 24.6 Å². The van der Waals surface area contributed by atoms with Gasteiger partial charge in [-0.2, -0.15) is 0 Å². The van der Waals surface area contributed by atoms with E-state index in [-0.39, 0.29) is 23.8 Å². The van der Waals surface area contributed by atoms with E-state index in [1.54, 1.807) is 0 Å². The van der Waals surface area contributed by atoms with E-state index in [2.05, 4.69) is 15.5 Å². The third-order valence-corrected chi connectivity index (χ3v) is 6.62. The fraction of sp³-hybridized carbons (Fsp3) is 0.400. The summed E-state index contributed by atoms with van der Waals surface area (Å²) in [6.45, 7) is -0.531. The predicted molar refractivity (Wildman–Crippen MR) is 124 cm³/mol. The molecule has 1 unspecified atom stereocenters. The third kappa shape index (κ3) is 5.23. The van der Waals surface area contributed by atoms with Crippen LogP contribution in [-0.4, -0.2) is 73.2 Å². The molecule has 5 rings (SSSR count). The van der Waals surface area contributed by atoms with Gasteiger partial charge in [-0.15, -0.1) is 5.10 Å². The van der Waals surface area contributed by atoms with Gasteiger partial charge in [0.25, 0.3) is 0 Å². The number of nitrogens with zero attached hydrogens (tertiary/aromatic N) is 4. The SMILES string of the molecule is OC[C@H]1O[C@H](CC2=NOC(Cc3ccccc3)C2)[C@H](O)[C@@H](n2cc(-c3cc(F)c(F)c(F)c3)nn2)[C@H]1O. The molecule has 6 atom stereocenters. The van der Waals surface area contributed by atoms with Gasteiger partial charge in [-0.1, -0.05) is 40.7 Å². The van der Waals surface area contributed by atoms with Gasteiger partial charge in [0.15, 0.2) is 17.5 Å². The summed E-state index contributed by atoms with van der Waals surface area (Å²) in [5.41, 5.74) is 1.69. The number of aliphatic hydroxyl groups excluding tert-OH is 3. The van der Waals surface area contributed by atoms with Crippen molar-refractivity contribution in [3.8, 4) is 11.3 Å². The summed E-state index contributed by atoms with van der Waals surface area (Å²) in [6.07, 6.45) is -2.12.